The third-order valence-corrected chi connectivity index (χ3v) is 3.56. The Balaban J connectivity index is 1.75. The molecule has 0 aromatic carbocycles. The second-order valence-electron chi connectivity index (χ2n) is 6.11. The number of rotatable bonds is 12. The molecule has 0 spiro atoms. The van der Waals surface area contributed by atoms with Gasteiger partial charge in [-0.1, -0.05) is 70.3 Å². The highest BCUT2D eigenvalue weighted by atomic mass is 16.6. The summed E-state index contributed by atoms with van der Waals surface area (Å²) in [5.74, 6) is 0.877. The Labute approximate surface area is 120 Å². The molecular weight excluding hydrogens is 232 g/mol. The van der Waals surface area contributed by atoms with E-state index in [9.17, 15) is 0 Å². The highest BCUT2D eigenvalue weighted by Gasteiger charge is 2.19. The van der Waals surface area contributed by atoms with E-state index in [1.165, 1.54) is 44.9 Å². The summed E-state index contributed by atoms with van der Waals surface area (Å²) in [6, 6.07) is 0. The maximum absolute atomic E-state index is 5.15. The lowest BCUT2D eigenvalue weighted by Crippen LogP contribution is -1.86. The molecule has 0 aromatic heterocycles. The molecule has 1 unspecified atom stereocenters. The van der Waals surface area contributed by atoms with Crippen molar-refractivity contribution in [3.63, 3.8) is 0 Å². The molecule has 0 amide bonds. The van der Waals surface area contributed by atoms with Gasteiger partial charge in [0.2, 0.25) is 0 Å². The van der Waals surface area contributed by atoms with E-state index in [0.29, 0.717) is 6.10 Å². The summed E-state index contributed by atoms with van der Waals surface area (Å²) in [4.78, 5) is 0. The summed E-state index contributed by atoms with van der Waals surface area (Å²) in [6.45, 7) is 5.60. The molecule has 1 heterocycles. The molecule has 0 radical (unpaired) electrons. The van der Waals surface area contributed by atoms with E-state index >= 15 is 0 Å². The van der Waals surface area contributed by atoms with Crippen LogP contribution in [0.3, 0.4) is 0 Å². The number of unbranched alkanes of at least 4 members (excludes halogenated alkanes) is 5. The highest BCUT2D eigenvalue weighted by molar-refractivity contribution is 4.94. The van der Waals surface area contributed by atoms with Crippen LogP contribution < -0.4 is 0 Å². The third kappa shape index (κ3) is 12.2. The fourth-order valence-electron chi connectivity index (χ4n) is 2.19. The number of hydrogen-bond donors (Lipinski definition) is 0. The normalized spacial score (nSPS) is 19.0. The quantitative estimate of drug-likeness (QED) is 0.251. The molecule has 1 aliphatic heterocycles. The van der Waals surface area contributed by atoms with E-state index in [-0.39, 0.29) is 0 Å². The molecule has 1 rings (SSSR count). The largest absolute Gasteiger partial charge is 0.373 e. The first-order valence-electron chi connectivity index (χ1n) is 8.20. The Bertz CT molecular complexity index is 248. The zero-order valence-corrected chi connectivity index (χ0v) is 12.9. The fraction of sp³-hybridized carbons (Fsp3) is 0.778. The van der Waals surface area contributed by atoms with Crippen molar-refractivity contribution in [2.75, 3.05) is 6.61 Å². The molecule has 0 aliphatic carbocycles. The predicted molar refractivity (Wildman–Crippen MR) is 84.4 cm³/mol. The lowest BCUT2D eigenvalue weighted by atomic mass is 10.0. The molecule has 0 N–H and O–H groups in total. The van der Waals surface area contributed by atoms with E-state index in [0.717, 1.165) is 25.4 Å². The predicted octanol–water partition coefficient (Wildman–Crippen LogP) is 5.66. The van der Waals surface area contributed by atoms with Crippen LogP contribution in [0.5, 0.6) is 0 Å². The van der Waals surface area contributed by atoms with Crippen LogP contribution in [0.1, 0.15) is 71.6 Å². The van der Waals surface area contributed by atoms with Gasteiger partial charge in [-0.05, 0) is 31.6 Å². The van der Waals surface area contributed by atoms with E-state index in [1.807, 2.05) is 0 Å². The summed E-state index contributed by atoms with van der Waals surface area (Å²) in [5, 5.41) is 0. The first-order valence-corrected chi connectivity index (χ1v) is 8.20. The fourth-order valence-corrected chi connectivity index (χ4v) is 2.19. The van der Waals surface area contributed by atoms with Crippen molar-refractivity contribution in [3.8, 4) is 0 Å². The van der Waals surface area contributed by atoms with Crippen molar-refractivity contribution in [1.82, 2.24) is 0 Å². The Morgan fingerprint density at radius 3 is 2.37 bits per heavy atom. The van der Waals surface area contributed by atoms with E-state index in [2.05, 4.69) is 38.2 Å². The molecular formula is C18H32O. The van der Waals surface area contributed by atoms with Gasteiger partial charge in [-0.3, -0.25) is 0 Å². The minimum Gasteiger partial charge on any atom is -0.373 e. The van der Waals surface area contributed by atoms with Crippen molar-refractivity contribution in [1.29, 1.82) is 0 Å². The molecule has 1 fully saturated rings. The monoisotopic (exact) mass is 264 g/mol. The molecule has 0 aromatic rings. The summed E-state index contributed by atoms with van der Waals surface area (Å²) >= 11 is 0. The summed E-state index contributed by atoms with van der Waals surface area (Å²) < 4.78 is 5.15. The maximum atomic E-state index is 5.15. The van der Waals surface area contributed by atoms with Gasteiger partial charge >= 0.3 is 0 Å². The molecule has 1 heteroatoms. The zero-order valence-electron chi connectivity index (χ0n) is 12.9. The summed E-state index contributed by atoms with van der Waals surface area (Å²) in [7, 11) is 0. The number of allylic oxidation sites excluding steroid dienone is 3. The number of epoxide rings is 1. The van der Waals surface area contributed by atoms with Gasteiger partial charge in [-0.25, -0.2) is 0 Å². The van der Waals surface area contributed by atoms with Crippen LogP contribution in [0.15, 0.2) is 24.3 Å². The second-order valence-corrected chi connectivity index (χ2v) is 6.11. The van der Waals surface area contributed by atoms with Crippen LogP contribution in [-0.2, 0) is 4.74 Å². The summed E-state index contributed by atoms with van der Waals surface area (Å²) in [5.41, 5.74) is 0. The lowest BCUT2D eigenvalue weighted by molar-refractivity contribution is 0.410. The molecule has 1 nitrogen and oxygen atoms in total. The second kappa shape index (κ2) is 11.3. The molecule has 1 aliphatic rings. The minimum atomic E-state index is 0.538. The third-order valence-electron chi connectivity index (χ3n) is 3.56. The average molecular weight is 264 g/mol. The molecule has 0 bridgehead atoms. The standard InChI is InChI=1S/C18H32O/c1-17(2)14-12-10-8-6-4-3-5-7-9-11-13-15-18-16-19-18/h5,7,11,13,17-18H,3-4,6,8-10,12,14-16H2,1-2H3/b7-5-,13-11-. The van der Waals surface area contributed by atoms with Crippen LogP contribution in [0, 0.1) is 5.92 Å². The molecule has 0 saturated carbocycles. The summed E-state index contributed by atoms with van der Waals surface area (Å²) in [6.07, 6.45) is 21.5. The van der Waals surface area contributed by atoms with Gasteiger partial charge in [0.1, 0.15) is 0 Å². The van der Waals surface area contributed by atoms with Crippen LogP contribution in [-0.4, -0.2) is 12.7 Å². The minimum absolute atomic E-state index is 0.538. The Morgan fingerprint density at radius 2 is 1.63 bits per heavy atom. The van der Waals surface area contributed by atoms with Crippen LogP contribution in [0.2, 0.25) is 0 Å². The SMILES string of the molecule is CC(C)CCCCCCC/C=C\C/C=C\CC1CO1. The topological polar surface area (TPSA) is 12.5 Å². The Kier molecular flexibility index (Phi) is 9.79. The van der Waals surface area contributed by atoms with Gasteiger partial charge in [0.05, 0.1) is 12.7 Å². The van der Waals surface area contributed by atoms with E-state index in [4.69, 9.17) is 4.74 Å². The van der Waals surface area contributed by atoms with Gasteiger partial charge in [0.25, 0.3) is 0 Å². The van der Waals surface area contributed by atoms with Gasteiger partial charge in [0, 0.05) is 0 Å². The lowest BCUT2D eigenvalue weighted by Gasteiger charge is -2.03. The van der Waals surface area contributed by atoms with Crippen molar-refractivity contribution < 1.29 is 4.74 Å². The molecule has 1 atom stereocenters. The van der Waals surface area contributed by atoms with Crippen molar-refractivity contribution in [2.24, 2.45) is 5.92 Å². The first-order chi connectivity index (χ1) is 9.29. The molecule has 1 saturated heterocycles. The Morgan fingerprint density at radius 1 is 0.947 bits per heavy atom. The van der Waals surface area contributed by atoms with Gasteiger partial charge in [-0.2, -0.15) is 0 Å². The Hall–Kier alpha value is -0.560. The van der Waals surface area contributed by atoms with Gasteiger partial charge in [0.15, 0.2) is 0 Å². The number of ether oxygens (including phenoxy) is 1. The van der Waals surface area contributed by atoms with Gasteiger partial charge < -0.3 is 4.74 Å². The van der Waals surface area contributed by atoms with Crippen LogP contribution in [0.25, 0.3) is 0 Å². The maximum Gasteiger partial charge on any atom is 0.0844 e. The van der Waals surface area contributed by atoms with Crippen molar-refractivity contribution in [2.45, 2.75) is 77.7 Å². The van der Waals surface area contributed by atoms with Crippen molar-refractivity contribution >= 4 is 0 Å². The first kappa shape index (κ1) is 16.5. The molecule has 19 heavy (non-hydrogen) atoms. The van der Waals surface area contributed by atoms with Crippen LogP contribution >= 0.6 is 0 Å². The number of hydrogen-bond acceptors (Lipinski definition) is 1. The van der Waals surface area contributed by atoms with E-state index < -0.39 is 0 Å². The molecule has 110 valence electrons. The average Bonchev–Trinajstić information content (AvgIpc) is 3.18. The van der Waals surface area contributed by atoms with Crippen molar-refractivity contribution in [3.05, 3.63) is 24.3 Å². The van der Waals surface area contributed by atoms with E-state index in [1.54, 1.807) is 0 Å². The van der Waals surface area contributed by atoms with Gasteiger partial charge in [-0.15, -0.1) is 0 Å². The highest BCUT2D eigenvalue weighted by Crippen LogP contribution is 2.14. The zero-order chi connectivity index (χ0) is 13.8. The van der Waals surface area contributed by atoms with Crippen LogP contribution in [0.4, 0.5) is 0 Å². The smallest absolute Gasteiger partial charge is 0.0844 e.